The van der Waals surface area contributed by atoms with Gasteiger partial charge >= 0.3 is 11.9 Å². The van der Waals surface area contributed by atoms with E-state index in [9.17, 15) is 33.9 Å². The third-order valence-electron chi connectivity index (χ3n) is 17.9. The van der Waals surface area contributed by atoms with E-state index in [1.165, 1.54) is 38.7 Å². The van der Waals surface area contributed by atoms with Crippen LogP contribution in [0.4, 0.5) is 11.4 Å². The number of aromatic hydroxyl groups is 1. The third-order valence-corrected chi connectivity index (χ3v) is 17.9. The number of rotatable bonds is 18. The van der Waals surface area contributed by atoms with Gasteiger partial charge in [0.2, 0.25) is 5.69 Å². The second kappa shape index (κ2) is 34.2. The van der Waals surface area contributed by atoms with Crippen molar-refractivity contribution >= 4 is 66.4 Å². The van der Waals surface area contributed by atoms with Crippen molar-refractivity contribution in [3.8, 4) is 79.5 Å². The molecular formula is C82H81N9O16. The Morgan fingerprint density at radius 3 is 1.27 bits per heavy atom. The highest BCUT2D eigenvalue weighted by Gasteiger charge is 2.31. The number of morpholine rings is 1. The molecular weight excluding hydrogens is 1370 g/mol. The van der Waals surface area contributed by atoms with E-state index in [0.717, 1.165) is 80.0 Å². The Hall–Kier alpha value is -12.8. The van der Waals surface area contributed by atoms with Crippen LogP contribution in [-0.2, 0) is 18.9 Å². The second-order valence-corrected chi connectivity index (χ2v) is 24.9. The number of nitrogens with zero attached hydrogens (tertiary/aromatic N) is 4. The number of hydrogen-bond donors (Lipinski definition) is 7. The average molecular weight is 1450 g/mol. The molecule has 0 atom stereocenters. The lowest BCUT2D eigenvalue weighted by atomic mass is 10.0. The van der Waals surface area contributed by atoms with Gasteiger partial charge in [-0.1, -0.05) is 125 Å². The van der Waals surface area contributed by atoms with E-state index in [1.807, 2.05) is 118 Å². The molecule has 0 spiro atoms. The maximum atomic E-state index is 13.0. The van der Waals surface area contributed by atoms with Crippen LogP contribution < -0.4 is 51.4 Å². The predicted octanol–water partition coefficient (Wildman–Crippen LogP) is 12.2. The zero-order valence-electron chi connectivity index (χ0n) is 60.7. The van der Waals surface area contributed by atoms with Gasteiger partial charge in [-0.2, -0.15) is 0 Å². The highest BCUT2D eigenvalue weighted by molar-refractivity contribution is 6.04. The van der Waals surface area contributed by atoms with Crippen LogP contribution in [0.25, 0.3) is 93.8 Å². The number of aliphatic hydroxyl groups is 1. The van der Waals surface area contributed by atoms with Gasteiger partial charge < -0.3 is 78.3 Å². The molecule has 0 amide bonds. The normalized spacial score (nSPS) is 11.7. The summed E-state index contributed by atoms with van der Waals surface area (Å²) >= 11 is 0. The number of ether oxygens (including phenoxy) is 8. The smallest absolute Gasteiger partial charge is 0.361 e. The molecule has 8 aromatic carbocycles. The molecule has 6 heterocycles. The maximum Gasteiger partial charge on any atom is 0.361 e. The number of aryl methyl sites for hydroxylation is 4. The van der Waals surface area contributed by atoms with Crippen LogP contribution in [0.2, 0.25) is 0 Å². The molecule has 14 rings (SSSR count). The first-order chi connectivity index (χ1) is 51.8. The van der Waals surface area contributed by atoms with Crippen LogP contribution in [0, 0.1) is 27.7 Å². The van der Waals surface area contributed by atoms with E-state index in [0.29, 0.717) is 111 Å². The van der Waals surface area contributed by atoms with Gasteiger partial charge in [0.15, 0.2) is 5.69 Å². The van der Waals surface area contributed by atoms with E-state index in [4.69, 9.17) is 43.0 Å². The third kappa shape index (κ3) is 16.7. The van der Waals surface area contributed by atoms with E-state index < -0.39 is 11.9 Å². The van der Waals surface area contributed by atoms with Gasteiger partial charge in [-0.25, -0.2) is 14.3 Å². The number of carbonyl (C=O) groups is 2. The number of carbonyl (C=O) groups excluding carboxylic acids is 2. The monoisotopic (exact) mass is 1450 g/mol. The number of anilines is 2. The minimum atomic E-state index is -0.853. The Bertz CT molecular complexity index is 5630. The Labute approximate surface area is 613 Å². The molecule has 5 aromatic heterocycles. The quantitative estimate of drug-likeness (QED) is 0.0310. The SMILES string of the molecule is COC(=O)c1nnn(-c2c(-c3ccc(C)cc3)[nH]c(=O)c3cc(OC)ccc23)c1C(=O)OC.COc1ccc2c(N3CCOCC3)c(-c3ccc(C)cc3)[nH]c(=O)c2c1.COc1ccc2c(NCCOCCO)c(-c3ccc(C)cc3)[nH]c(=O)c2c1.COc1ccc2c(O)c(-c3ccc(C)cc3)[nH]c(=O)c2c1. The summed E-state index contributed by atoms with van der Waals surface area (Å²) in [5, 5.41) is 35.2. The van der Waals surface area contributed by atoms with Crippen molar-refractivity contribution < 1.29 is 57.7 Å². The number of fused-ring (bicyclic) bond motifs is 4. The summed E-state index contributed by atoms with van der Waals surface area (Å²) in [5.74, 6) is 0.736. The number of benzene rings is 8. The first-order valence-electron chi connectivity index (χ1n) is 34.1. The molecule has 550 valence electrons. The van der Waals surface area contributed by atoms with Crippen LogP contribution in [0.15, 0.2) is 189 Å². The molecule has 13 aromatic rings. The Morgan fingerprint density at radius 1 is 0.458 bits per heavy atom. The van der Waals surface area contributed by atoms with Crippen molar-refractivity contribution in [2.75, 3.05) is 106 Å². The van der Waals surface area contributed by atoms with Crippen LogP contribution in [-0.4, -0.2) is 152 Å². The topological polar surface area (TPSA) is 326 Å². The molecule has 7 N–H and O–H groups in total. The fourth-order valence-corrected chi connectivity index (χ4v) is 12.3. The van der Waals surface area contributed by atoms with Crippen molar-refractivity contribution in [1.82, 2.24) is 34.9 Å². The number of aromatic nitrogens is 7. The Kier molecular flexibility index (Phi) is 24.1. The van der Waals surface area contributed by atoms with Gasteiger partial charge in [0.1, 0.15) is 28.7 Å². The maximum absolute atomic E-state index is 13.0. The van der Waals surface area contributed by atoms with Crippen LogP contribution in [0.5, 0.6) is 28.7 Å². The van der Waals surface area contributed by atoms with Crippen molar-refractivity contribution in [3.63, 3.8) is 0 Å². The van der Waals surface area contributed by atoms with Crippen LogP contribution in [0.3, 0.4) is 0 Å². The predicted molar refractivity (Wildman–Crippen MR) is 414 cm³/mol. The number of hydrogen-bond acceptors (Lipinski definition) is 20. The van der Waals surface area contributed by atoms with Crippen molar-refractivity contribution in [2.24, 2.45) is 0 Å². The lowest BCUT2D eigenvalue weighted by Gasteiger charge is -2.31. The number of nitrogens with one attached hydrogen (secondary N) is 5. The zero-order valence-corrected chi connectivity index (χ0v) is 60.7. The minimum Gasteiger partial charge on any atom is -0.505 e. The summed E-state index contributed by atoms with van der Waals surface area (Å²) < 4.78 is 42.6. The first kappa shape index (κ1) is 75.3. The van der Waals surface area contributed by atoms with E-state index >= 15 is 0 Å². The van der Waals surface area contributed by atoms with Crippen LogP contribution >= 0.6 is 0 Å². The van der Waals surface area contributed by atoms with Gasteiger partial charge in [-0.15, -0.1) is 5.10 Å². The van der Waals surface area contributed by atoms with Crippen molar-refractivity contribution in [1.29, 1.82) is 0 Å². The van der Waals surface area contributed by atoms with Gasteiger partial charge in [-0.05, 0) is 100 Å². The summed E-state index contributed by atoms with van der Waals surface area (Å²) in [6.07, 6.45) is 0. The van der Waals surface area contributed by atoms with Crippen molar-refractivity contribution in [2.45, 2.75) is 27.7 Å². The molecule has 0 aliphatic carbocycles. The summed E-state index contributed by atoms with van der Waals surface area (Å²) in [5.41, 5.74) is 11.0. The average Bonchev–Trinajstić information content (AvgIpc) is 1.69. The fourth-order valence-electron chi connectivity index (χ4n) is 12.3. The number of aliphatic hydroxyl groups excluding tert-OH is 1. The molecule has 1 saturated heterocycles. The summed E-state index contributed by atoms with van der Waals surface area (Å²) in [7, 11) is 8.56. The molecule has 0 bridgehead atoms. The number of pyridine rings is 4. The minimum absolute atomic E-state index is 0.00397. The Balaban J connectivity index is 0.000000144. The molecule has 1 aliphatic rings. The van der Waals surface area contributed by atoms with Crippen LogP contribution in [0.1, 0.15) is 43.2 Å². The van der Waals surface area contributed by atoms with Gasteiger partial charge in [0, 0.05) is 63.4 Å². The molecule has 0 unspecified atom stereocenters. The number of aromatic amines is 4. The largest absolute Gasteiger partial charge is 0.505 e. The molecule has 1 fully saturated rings. The molecule has 25 nitrogen and oxygen atoms in total. The highest BCUT2D eigenvalue weighted by Crippen LogP contribution is 2.39. The lowest BCUT2D eigenvalue weighted by Crippen LogP contribution is -2.37. The molecule has 25 heteroatoms. The number of methoxy groups -OCH3 is 6. The van der Waals surface area contributed by atoms with Gasteiger partial charge in [-0.3, -0.25) is 19.2 Å². The summed E-state index contributed by atoms with van der Waals surface area (Å²) in [4.78, 5) is 89.7. The number of esters is 2. The molecule has 1 aliphatic heterocycles. The van der Waals surface area contributed by atoms with Crippen molar-refractivity contribution in [3.05, 3.63) is 245 Å². The second-order valence-electron chi connectivity index (χ2n) is 24.9. The van der Waals surface area contributed by atoms with Gasteiger partial charge in [0.05, 0.1) is 137 Å². The first-order valence-corrected chi connectivity index (χ1v) is 34.1. The van der Waals surface area contributed by atoms with E-state index in [2.05, 4.69) is 71.7 Å². The van der Waals surface area contributed by atoms with E-state index in [-0.39, 0.29) is 46.0 Å². The van der Waals surface area contributed by atoms with Gasteiger partial charge in [0.25, 0.3) is 22.2 Å². The summed E-state index contributed by atoms with van der Waals surface area (Å²) in [6, 6.07) is 52.4. The molecule has 0 radical (unpaired) electrons. The number of H-pyrrole nitrogens is 4. The standard InChI is InChI=1S/C23H20N4O6.C21H24N2O4.C21H22N2O3.C17H15NO3/c1-12-5-7-13(8-6-12)17-19(15-10-9-14(31-2)11-16(15)21(28)24-17)27-20(23(30)33-4)18(25-26-27)22(29)32-3;1-14-3-5-15(6-4-14)19-20(22-9-11-27-12-10-24)17-8-7-16(26-2)13-18(17)21(25)23-19;1-14-3-5-15(6-4-14)19-20(23-9-11-26-12-10-23)17-8-7-16(25-2)13-18(17)21(24)22-19;1-10-3-5-11(6-4-10)15-16(19)13-8-7-12(21-2)9-14(13)17(20)18-15/h5-11H,1-4H3,(H,24,28);3-8,13,22,24H,9-12H2,1-2H3,(H,23,25);3-8,13H,9-12H2,1-2H3,(H,22,24);3-9,19H,1-2H3,(H,18,20). The highest BCUT2D eigenvalue weighted by atomic mass is 16.5. The molecule has 107 heavy (non-hydrogen) atoms. The molecule has 0 saturated carbocycles. The zero-order chi connectivity index (χ0) is 76.0. The lowest BCUT2D eigenvalue weighted by molar-refractivity contribution is 0.0546. The Morgan fingerprint density at radius 2 is 0.832 bits per heavy atom. The summed E-state index contributed by atoms with van der Waals surface area (Å²) in [6.45, 7) is 12.3. The van der Waals surface area contributed by atoms with E-state index in [1.54, 1.807) is 62.8 Å². The fraction of sp³-hybridized carbons (Fsp3) is 0.220.